The molecule has 4 aliphatic carbocycles. The molecular formula is C27H40O8. The van der Waals surface area contributed by atoms with Gasteiger partial charge in [-0.25, -0.2) is 0 Å². The Hall–Kier alpha value is -1.93. The second-order valence-electron chi connectivity index (χ2n) is 11.4. The minimum Gasteiger partial charge on any atom is -0.481 e. The van der Waals surface area contributed by atoms with E-state index in [0.29, 0.717) is 17.8 Å². The first-order chi connectivity index (χ1) is 16.7. The van der Waals surface area contributed by atoms with E-state index in [1.807, 2.05) is 0 Å². The van der Waals surface area contributed by atoms with Crippen molar-refractivity contribution in [3.63, 3.8) is 0 Å². The summed E-state index contributed by atoms with van der Waals surface area (Å²) in [6.07, 6.45) is 9.75. The van der Waals surface area contributed by atoms with Gasteiger partial charge in [0.2, 0.25) is 0 Å². The van der Waals surface area contributed by atoms with Crippen molar-refractivity contribution >= 4 is 17.9 Å². The van der Waals surface area contributed by atoms with Crippen LogP contribution >= 0.6 is 0 Å². The molecule has 4 aliphatic rings. The molecule has 4 rings (SSSR count). The first-order valence-electron chi connectivity index (χ1n) is 13.2. The summed E-state index contributed by atoms with van der Waals surface area (Å²) in [5, 5.41) is 17.6. The molecule has 0 amide bonds. The lowest BCUT2D eigenvalue weighted by atomic mass is 9.48. The van der Waals surface area contributed by atoms with E-state index in [4.69, 9.17) is 24.4 Å². The van der Waals surface area contributed by atoms with Gasteiger partial charge in [-0.2, -0.15) is 0 Å². The van der Waals surface area contributed by atoms with Gasteiger partial charge in [0.1, 0.15) is 19.0 Å². The Bertz CT molecular complexity index is 852. The Labute approximate surface area is 207 Å². The summed E-state index contributed by atoms with van der Waals surface area (Å²) in [5.41, 5.74) is 1.49. The molecule has 3 unspecified atom stereocenters. The number of aliphatic hydroxyl groups excluding tert-OH is 1. The third-order valence-electron chi connectivity index (χ3n) is 9.63. The number of fused-ring (bicyclic) bond motifs is 5. The highest BCUT2D eigenvalue weighted by molar-refractivity contribution is 5.76. The molecule has 0 spiro atoms. The maximum atomic E-state index is 12.3. The molecule has 0 aliphatic heterocycles. The van der Waals surface area contributed by atoms with Gasteiger partial charge < -0.3 is 24.4 Å². The first-order valence-corrected chi connectivity index (χ1v) is 13.2. The van der Waals surface area contributed by atoms with Crippen molar-refractivity contribution in [1.82, 2.24) is 0 Å². The van der Waals surface area contributed by atoms with Gasteiger partial charge in [-0.05, 0) is 68.1 Å². The van der Waals surface area contributed by atoms with E-state index in [-0.39, 0.29) is 54.9 Å². The summed E-state index contributed by atoms with van der Waals surface area (Å²) >= 11 is 0. The second kappa shape index (κ2) is 10.6. The number of aliphatic hydroxyl groups is 1. The lowest BCUT2D eigenvalue weighted by Crippen LogP contribution is -2.51. The molecule has 0 aromatic carbocycles. The van der Waals surface area contributed by atoms with Gasteiger partial charge in [0, 0.05) is 11.8 Å². The van der Waals surface area contributed by atoms with E-state index in [1.54, 1.807) is 0 Å². The van der Waals surface area contributed by atoms with Crippen LogP contribution in [0.15, 0.2) is 11.6 Å². The topological polar surface area (TPSA) is 119 Å². The number of carboxylic acids is 1. The molecule has 7 atom stereocenters. The maximum absolute atomic E-state index is 12.3. The number of carbonyl (C=O) groups is 3. The van der Waals surface area contributed by atoms with Gasteiger partial charge in [-0.1, -0.05) is 25.5 Å². The van der Waals surface area contributed by atoms with E-state index in [2.05, 4.69) is 19.9 Å². The van der Waals surface area contributed by atoms with E-state index in [1.165, 1.54) is 5.57 Å². The predicted molar refractivity (Wildman–Crippen MR) is 126 cm³/mol. The largest absolute Gasteiger partial charge is 0.481 e. The quantitative estimate of drug-likeness (QED) is 0.215. The Kier molecular flexibility index (Phi) is 7.91. The summed E-state index contributed by atoms with van der Waals surface area (Å²) < 4.78 is 16.4. The Balaban J connectivity index is 1.39. The minimum atomic E-state index is -0.976. The van der Waals surface area contributed by atoms with Crippen molar-refractivity contribution in [3.05, 3.63) is 11.6 Å². The Morgan fingerprint density at radius 2 is 1.74 bits per heavy atom. The van der Waals surface area contributed by atoms with Crippen LogP contribution in [-0.2, 0) is 28.6 Å². The fraction of sp³-hybridized carbons (Fsp3) is 0.815. The van der Waals surface area contributed by atoms with E-state index < -0.39 is 18.7 Å². The third-order valence-corrected chi connectivity index (χ3v) is 9.63. The van der Waals surface area contributed by atoms with Crippen molar-refractivity contribution < 1.29 is 38.8 Å². The molecule has 3 fully saturated rings. The van der Waals surface area contributed by atoms with Gasteiger partial charge >= 0.3 is 17.9 Å². The van der Waals surface area contributed by atoms with Crippen molar-refractivity contribution in [2.45, 2.75) is 96.7 Å². The second-order valence-corrected chi connectivity index (χ2v) is 11.4. The van der Waals surface area contributed by atoms with Crippen LogP contribution < -0.4 is 0 Å². The number of hydrogen-bond donors (Lipinski definition) is 2. The predicted octanol–water partition coefficient (Wildman–Crippen LogP) is 3.99. The standard InChI is InChI=1S/C27H40O8/c1-26-12-9-18(34-25(32)11-14-33-16-28)15-17(26)3-4-19-20-5-6-22(27(20,2)13-10-21(19)26)35-24(31)8-7-23(29)30/h3,18-22,28H,4-16H2,1-2H3,(H,29,30)/t18-,19?,20?,21?,22-,26-,27-/m0/s1. The molecule has 0 saturated heterocycles. The first kappa shape index (κ1) is 26.1. The summed E-state index contributed by atoms with van der Waals surface area (Å²) in [4.78, 5) is 35.2. The third kappa shape index (κ3) is 5.29. The summed E-state index contributed by atoms with van der Waals surface area (Å²) in [6, 6.07) is 0. The molecule has 196 valence electrons. The number of aliphatic carboxylic acids is 1. The minimum absolute atomic E-state index is 0.0505. The van der Waals surface area contributed by atoms with Gasteiger partial charge in [0.15, 0.2) is 0 Å². The van der Waals surface area contributed by atoms with Crippen LogP contribution in [0.3, 0.4) is 0 Å². The molecule has 0 bridgehead atoms. The Morgan fingerprint density at radius 3 is 2.49 bits per heavy atom. The summed E-state index contributed by atoms with van der Waals surface area (Å²) in [7, 11) is 0. The van der Waals surface area contributed by atoms with Crippen LogP contribution in [0.25, 0.3) is 0 Å². The molecule has 0 aromatic rings. The van der Waals surface area contributed by atoms with Gasteiger partial charge in [0.25, 0.3) is 0 Å². The van der Waals surface area contributed by atoms with Crippen LogP contribution in [-0.4, -0.2) is 53.7 Å². The van der Waals surface area contributed by atoms with Crippen LogP contribution in [0.5, 0.6) is 0 Å². The van der Waals surface area contributed by atoms with Gasteiger partial charge in [0.05, 0.1) is 25.9 Å². The lowest BCUT2D eigenvalue weighted by Gasteiger charge is -2.57. The van der Waals surface area contributed by atoms with E-state index in [0.717, 1.165) is 51.4 Å². The fourth-order valence-corrected chi connectivity index (χ4v) is 7.77. The number of allylic oxidation sites excluding steroid dienone is 1. The number of rotatable bonds is 9. The number of carbonyl (C=O) groups excluding carboxylic acids is 2. The van der Waals surface area contributed by atoms with E-state index >= 15 is 0 Å². The van der Waals surface area contributed by atoms with E-state index in [9.17, 15) is 14.4 Å². The van der Waals surface area contributed by atoms with Crippen LogP contribution in [0.4, 0.5) is 0 Å². The highest BCUT2D eigenvalue weighted by atomic mass is 16.6. The van der Waals surface area contributed by atoms with Gasteiger partial charge in [-0.15, -0.1) is 0 Å². The zero-order valence-electron chi connectivity index (χ0n) is 21.0. The van der Waals surface area contributed by atoms with Crippen LogP contribution in [0.2, 0.25) is 0 Å². The molecule has 35 heavy (non-hydrogen) atoms. The molecular weight excluding hydrogens is 452 g/mol. The molecule has 2 N–H and O–H groups in total. The van der Waals surface area contributed by atoms with Crippen molar-refractivity contribution in [2.24, 2.45) is 28.6 Å². The van der Waals surface area contributed by atoms with Crippen molar-refractivity contribution in [1.29, 1.82) is 0 Å². The van der Waals surface area contributed by atoms with Crippen LogP contribution in [0, 0.1) is 28.6 Å². The molecule has 0 radical (unpaired) electrons. The SMILES string of the molecule is C[C@]12CC[C@H](OC(=O)CCOCO)CC1=CCC1C2CC[C@@]2(C)C1CC[C@@H]2OC(=O)CCC(=O)O. The highest BCUT2D eigenvalue weighted by Gasteiger charge is 2.59. The molecule has 8 heteroatoms. The average Bonchev–Trinajstić information content (AvgIpc) is 3.14. The normalized spacial score (nSPS) is 37.9. The monoisotopic (exact) mass is 492 g/mol. The molecule has 0 heterocycles. The number of esters is 2. The zero-order chi connectivity index (χ0) is 25.2. The van der Waals surface area contributed by atoms with Crippen LogP contribution in [0.1, 0.15) is 84.5 Å². The highest BCUT2D eigenvalue weighted by Crippen LogP contribution is 2.65. The van der Waals surface area contributed by atoms with Gasteiger partial charge in [-0.3, -0.25) is 14.4 Å². The number of carboxylic acid groups (broad SMARTS) is 1. The number of ether oxygens (including phenoxy) is 3. The van der Waals surface area contributed by atoms with Crippen molar-refractivity contribution in [3.8, 4) is 0 Å². The average molecular weight is 493 g/mol. The van der Waals surface area contributed by atoms with Crippen molar-refractivity contribution in [2.75, 3.05) is 13.4 Å². The zero-order valence-corrected chi connectivity index (χ0v) is 21.0. The summed E-state index contributed by atoms with van der Waals surface area (Å²) in [6.45, 7) is 4.44. The lowest BCUT2D eigenvalue weighted by molar-refractivity contribution is -0.161. The smallest absolute Gasteiger partial charge is 0.308 e. The molecule has 3 saturated carbocycles. The number of hydrogen-bond acceptors (Lipinski definition) is 7. The fourth-order valence-electron chi connectivity index (χ4n) is 7.77. The molecule has 8 nitrogen and oxygen atoms in total. The maximum Gasteiger partial charge on any atom is 0.308 e. The Morgan fingerprint density at radius 1 is 0.971 bits per heavy atom. The molecule has 0 aromatic heterocycles. The summed E-state index contributed by atoms with van der Waals surface area (Å²) in [5.74, 6) is -0.0114.